The third-order valence-corrected chi connectivity index (χ3v) is 4.23. The summed E-state index contributed by atoms with van der Waals surface area (Å²) >= 11 is 0. The Balaban J connectivity index is 2.29. The molecule has 2 N–H and O–H groups in total. The maximum absolute atomic E-state index is 6.04. The molecule has 2 aromatic carbocycles. The number of hydrogen-bond acceptors (Lipinski definition) is 1. The van der Waals surface area contributed by atoms with Gasteiger partial charge in [-0.25, -0.2) is 0 Å². The van der Waals surface area contributed by atoms with E-state index in [1.807, 2.05) is 13.0 Å². The van der Waals surface area contributed by atoms with E-state index < -0.39 is 0 Å². The lowest BCUT2D eigenvalue weighted by molar-refractivity contribution is 0.660. The molecule has 0 atom stereocenters. The second-order valence-electron chi connectivity index (χ2n) is 5.67. The zero-order chi connectivity index (χ0) is 13.6. The second-order valence-corrected chi connectivity index (χ2v) is 5.67. The zero-order valence-electron chi connectivity index (χ0n) is 11.7. The van der Waals surface area contributed by atoms with Crippen molar-refractivity contribution in [2.24, 2.45) is 5.73 Å². The van der Waals surface area contributed by atoms with Crippen molar-refractivity contribution in [3.63, 3.8) is 0 Å². The van der Waals surface area contributed by atoms with Crippen molar-refractivity contribution in [3.05, 3.63) is 65.2 Å². The molecule has 0 bridgehead atoms. The molecule has 0 aromatic heterocycles. The molecular formula is C18H19N. The normalized spacial score (nSPS) is 16.1. The van der Waals surface area contributed by atoms with E-state index in [0.717, 1.165) is 11.3 Å². The van der Waals surface area contributed by atoms with Gasteiger partial charge in [-0.1, -0.05) is 56.3 Å². The van der Waals surface area contributed by atoms with Crippen LogP contribution in [-0.4, -0.2) is 0 Å². The molecule has 0 heterocycles. The maximum atomic E-state index is 6.04. The number of rotatable bonds is 1. The molecule has 0 fully saturated rings. The maximum Gasteiger partial charge on any atom is 0.0344 e. The Morgan fingerprint density at radius 3 is 2.42 bits per heavy atom. The van der Waals surface area contributed by atoms with E-state index >= 15 is 0 Å². The highest BCUT2D eigenvalue weighted by atomic mass is 14.6. The molecule has 1 aliphatic rings. The first-order valence-electron chi connectivity index (χ1n) is 6.72. The predicted molar refractivity (Wildman–Crippen MR) is 81.8 cm³/mol. The molecule has 96 valence electrons. The smallest absolute Gasteiger partial charge is 0.0344 e. The first kappa shape index (κ1) is 12.0. The summed E-state index contributed by atoms with van der Waals surface area (Å²) in [6, 6.07) is 15.2. The van der Waals surface area contributed by atoms with Gasteiger partial charge < -0.3 is 5.73 Å². The number of nitrogens with two attached hydrogens (primary N) is 1. The number of benzene rings is 2. The summed E-state index contributed by atoms with van der Waals surface area (Å²) < 4.78 is 0. The van der Waals surface area contributed by atoms with Gasteiger partial charge in [0.25, 0.3) is 0 Å². The van der Waals surface area contributed by atoms with E-state index in [9.17, 15) is 0 Å². The van der Waals surface area contributed by atoms with Crippen LogP contribution in [0.2, 0.25) is 0 Å². The van der Waals surface area contributed by atoms with Crippen LogP contribution in [-0.2, 0) is 5.41 Å². The minimum absolute atomic E-state index is 0.0785. The largest absolute Gasteiger partial charge is 0.399 e. The van der Waals surface area contributed by atoms with Gasteiger partial charge >= 0.3 is 0 Å². The SMILES string of the molecule is C/C=C(\N)c1ccc2c(c1)-c1ccccc1C2(C)C. The summed E-state index contributed by atoms with van der Waals surface area (Å²) in [5.74, 6) is 0. The fourth-order valence-corrected chi connectivity index (χ4v) is 3.07. The molecule has 1 nitrogen and oxygen atoms in total. The highest BCUT2D eigenvalue weighted by Crippen LogP contribution is 2.48. The second kappa shape index (κ2) is 3.99. The van der Waals surface area contributed by atoms with E-state index in [2.05, 4.69) is 56.3 Å². The topological polar surface area (TPSA) is 26.0 Å². The Morgan fingerprint density at radius 2 is 1.68 bits per heavy atom. The first-order valence-corrected chi connectivity index (χ1v) is 6.72. The number of hydrogen-bond donors (Lipinski definition) is 1. The summed E-state index contributed by atoms with van der Waals surface area (Å²) in [5.41, 5.74) is 13.5. The highest BCUT2D eigenvalue weighted by molar-refractivity contribution is 5.83. The van der Waals surface area contributed by atoms with Crippen molar-refractivity contribution >= 4 is 5.70 Å². The van der Waals surface area contributed by atoms with E-state index in [4.69, 9.17) is 5.73 Å². The molecule has 0 aliphatic heterocycles. The molecule has 0 saturated heterocycles. The summed E-state index contributed by atoms with van der Waals surface area (Å²) in [5, 5.41) is 0. The van der Waals surface area contributed by atoms with Crippen molar-refractivity contribution in [2.45, 2.75) is 26.2 Å². The molecule has 0 spiro atoms. The van der Waals surface area contributed by atoms with E-state index in [-0.39, 0.29) is 5.41 Å². The van der Waals surface area contributed by atoms with Gasteiger partial charge in [-0.2, -0.15) is 0 Å². The molecule has 2 aromatic rings. The van der Waals surface area contributed by atoms with Gasteiger partial charge in [0.1, 0.15) is 0 Å². The zero-order valence-corrected chi connectivity index (χ0v) is 11.7. The van der Waals surface area contributed by atoms with Crippen LogP contribution in [0, 0.1) is 0 Å². The standard InChI is InChI=1S/C18H19N/c1-4-17(19)12-9-10-16-14(11-12)13-7-5-6-8-15(13)18(16,2)3/h4-11H,19H2,1-3H3/b17-4-. The van der Waals surface area contributed by atoms with Gasteiger partial charge in [0.05, 0.1) is 0 Å². The van der Waals surface area contributed by atoms with Gasteiger partial charge in [-0.3, -0.25) is 0 Å². The summed E-state index contributed by atoms with van der Waals surface area (Å²) in [7, 11) is 0. The molecule has 19 heavy (non-hydrogen) atoms. The lowest BCUT2D eigenvalue weighted by Gasteiger charge is -2.21. The predicted octanol–water partition coefficient (Wildman–Crippen LogP) is 4.31. The van der Waals surface area contributed by atoms with Gasteiger partial charge in [-0.05, 0) is 40.8 Å². The third kappa shape index (κ3) is 1.61. The average Bonchev–Trinajstić information content (AvgIpc) is 2.67. The van der Waals surface area contributed by atoms with Gasteiger partial charge in [0, 0.05) is 11.1 Å². The van der Waals surface area contributed by atoms with Crippen LogP contribution in [0.1, 0.15) is 37.5 Å². The Kier molecular flexibility index (Phi) is 2.53. The van der Waals surface area contributed by atoms with E-state index in [0.29, 0.717) is 0 Å². The van der Waals surface area contributed by atoms with E-state index in [1.165, 1.54) is 22.3 Å². The van der Waals surface area contributed by atoms with Crippen LogP contribution in [0.15, 0.2) is 48.5 Å². The first-order chi connectivity index (χ1) is 9.05. The van der Waals surface area contributed by atoms with Crippen molar-refractivity contribution < 1.29 is 0 Å². The number of allylic oxidation sites excluding steroid dienone is 1. The monoisotopic (exact) mass is 249 g/mol. The van der Waals surface area contributed by atoms with Crippen molar-refractivity contribution in [2.75, 3.05) is 0 Å². The molecular weight excluding hydrogens is 230 g/mol. The quantitative estimate of drug-likeness (QED) is 0.800. The fourth-order valence-electron chi connectivity index (χ4n) is 3.07. The minimum Gasteiger partial charge on any atom is -0.399 e. The molecule has 1 heteroatoms. The van der Waals surface area contributed by atoms with E-state index in [1.54, 1.807) is 0 Å². The third-order valence-electron chi connectivity index (χ3n) is 4.23. The Morgan fingerprint density at radius 1 is 1.00 bits per heavy atom. The van der Waals surface area contributed by atoms with Gasteiger partial charge in [-0.15, -0.1) is 0 Å². The van der Waals surface area contributed by atoms with Crippen LogP contribution < -0.4 is 5.73 Å². The number of fused-ring (bicyclic) bond motifs is 3. The molecule has 0 saturated carbocycles. The Hall–Kier alpha value is -2.02. The van der Waals surface area contributed by atoms with Crippen molar-refractivity contribution in [1.82, 2.24) is 0 Å². The Bertz CT molecular complexity index is 678. The highest BCUT2D eigenvalue weighted by Gasteiger charge is 2.34. The van der Waals surface area contributed by atoms with Crippen LogP contribution in [0.25, 0.3) is 16.8 Å². The molecule has 0 unspecified atom stereocenters. The summed E-state index contributed by atoms with van der Waals surface area (Å²) in [6.07, 6.45) is 1.95. The molecule has 1 aliphatic carbocycles. The minimum atomic E-state index is 0.0785. The fraction of sp³-hybridized carbons (Fsp3) is 0.222. The summed E-state index contributed by atoms with van der Waals surface area (Å²) in [4.78, 5) is 0. The van der Waals surface area contributed by atoms with Crippen molar-refractivity contribution in [1.29, 1.82) is 0 Å². The van der Waals surface area contributed by atoms with Crippen LogP contribution in [0.3, 0.4) is 0 Å². The molecule has 3 rings (SSSR count). The molecule has 0 amide bonds. The molecule has 0 radical (unpaired) electrons. The lowest BCUT2D eigenvalue weighted by Crippen LogP contribution is -2.14. The lowest BCUT2D eigenvalue weighted by atomic mass is 9.82. The van der Waals surface area contributed by atoms with Gasteiger partial charge in [0.15, 0.2) is 0 Å². The Labute approximate surface area is 114 Å². The summed E-state index contributed by atoms with van der Waals surface area (Å²) in [6.45, 7) is 6.55. The van der Waals surface area contributed by atoms with Crippen LogP contribution >= 0.6 is 0 Å². The van der Waals surface area contributed by atoms with Gasteiger partial charge in [0.2, 0.25) is 0 Å². The van der Waals surface area contributed by atoms with Crippen LogP contribution in [0.4, 0.5) is 0 Å². The average molecular weight is 249 g/mol. The van der Waals surface area contributed by atoms with Crippen LogP contribution in [0.5, 0.6) is 0 Å². The van der Waals surface area contributed by atoms with Crippen molar-refractivity contribution in [3.8, 4) is 11.1 Å².